The van der Waals surface area contributed by atoms with E-state index in [2.05, 4.69) is 44.3 Å². The van der Waals surface area contributed by atoms with Crippen molar-refractivity contribution in [1.29, 1.82) is 0 Å². The fraction of sp³-hybridized carbons (Fsp3) is 0.448. The van der Waals surface area contributed by atoms with Gasteiger partial charge in [-0.15, -0.1) is 0 Å². The van der Waals surface area contributed by atoms with E-state index in [0.29, 0.717) is 5.56 Å². The number of unbranched alkanes of at least 4 members (excludes halogenated alkanes) is 8. The van der Waals surface area contributed by atoms with Crippen LogP contribution >= 0.6 is 0 Å². The standard InChI is InChI=1S/C29H38N2O/c1-4-5-6-7-8-9-10-11-14-19-30-29(32)26-21-28(24-18-17-22(2)23(3)20-24)31-27-16-13-12-15-25(26)27/h12-13,15-18,20-21H,4-11,14,19H2,1-3H3,(H,30,32). The quantitative estimate of drug-likeness (QED) is 0.298. The van der Waals surface area contributed by atoms with Gasteiger partial charge >= 0.3 is 0 Å². The highest BCUT2D eigenvalue weighted by Crippen LogP contribution is 2.26. The van der Waals surface area contributed by atoms with Crippen LogP contribution in [0, 0.1) is 13.8 Å². The number of amides is 1. The van der Waals surface area contributed by atoms with Crippen molar-refractivity contribution >= 4 is 16.8 Å². The van der Waals surface area contributed by atoms with Gasteiger partial charge in [0.25, 0.3) is 5.91 Å². The van der Waals surface area contributed by atoms with Gasteiger partial charge in [0, 0.05) is 17.5 Å². The van der Waals surface area contributed by atoms with Crippen LogP contribution in [0.15, 0.2) is 48.5 Å². The molecule has 2 aromatic carbocycles. The van der Waals surface area contributed by atoms with Gasteiger partial charge in [0.2, 0.25) is 0 Å². The van der Waals surface area contributed by atoms with E-state index in [4.69, 9.17) is 4.98 Å². The van der Waals surface area contributed by atoms with Gasteiger partial charge < -0.3 is 5.32 Å². The summed E-state index contributed by atoms with van der Waals surface area (Å²) >= 11 is 0. The maximum absolute atomic E-state index is 13.1. The molecule has 3 heteroatoms. The monoisotopic (exact) mass is 430 g/mol. The zero-order valence-corrected chi connectivity index (χ0v) is 20.0. The predicted molar refractivity (Wildman–Crippen MR) is 136 cm³/mol. The zero-order chi connectivity index (χ0) is 22.8. The third-order valence-corrected chi connectivity index (χ3v) is 6.33. The number of nitrogens with one attached hydrogen (secondary N) is 1. The van der Waals surface area contributed by atoms with E-state index in [9.17, 15) is 4.79 Å². The maximum atomic E-state index is 13.1. The molecule has 0 aliphatic carbocycles. The molecular weight excluding hydrogens is 392 g/mol. The lowest BCUT2D eigenvalue weighted by molar-refractivity contribution is 0.0954. The van der Waals surface area contributed by atoms with E-state index >= 15 is 0 Å². The van der Waals surface area contributed by atoms with Crippen LogP contribution in [0.2, 0.25) is 0 Å². The summed E-state index contributed by atoms with van der Waals surface area (Å²) in [4.78, 5) is 17.9. The number of fused-ring (bicyclic) bond motifs is 1. The smallest absolute Gasteiger partial charge is 0.252 e. The van der Waals surface area contributed by atoms with Gasteiger partial charge in [0.05, 0.1) is 16.8 Å². The van der Waals surface area contributed by atoms with E-state index in [1.807, 2.05) is 30.3 Å². The van der Waals surface area contributed by atoms with Crippen molar-refractivity contribution in [3.63, 3.8) is 0 Å². The summed E-state index contributed by atoms with van der Waals surface area (Å²) in [5, 5.41) is 4.05. The molecular formula is C29H38N2O. The van der Waals surface area contributed by atoms with Gasteiger partial charge in [-0.2, -0.15) is 0 Å². The Hall–Kier alpha value is -2.68. The maximum Gasteiger partial charge on any atom is 0.252 e. The van der Waals surface area contributed by atoms with Crippen LogP contribution in [0.3, 0.4) is 0 Å². The summed E-state index contributed by atoms with van der Waals surface area (Å²) in [6, 6.07) is 16.2. The number of hydrogen-bond donors (Lipinski definition) is 1. The van der Waals surface area contributed by atoms with Crippen molar-refractivity contribution in [3.8, 4) is 11.3 Å². The van der Waals surface area contributed by atoms with Crippen LogP contribution in [0.5, 0.6) is 0 Å². The van der Waals surface area contributed by atoms with Gasteiger partial charge in [-0.3, -0.25) is 4.79 Å². The first-order valence-corrected chi connectivity index (χ1v) is 12.4. The SMILES string of the molecule is CCCCCCCCCCCNC(=O)c1cc(-c2ccc(C)c(C)c2)nc2ccccc12. The highest BCUT2D eigenvalue weighted by Gasteiger charge is 2.14. The lowest BCUT2D eigenvalue weighted by Gasteiger charge is -2.11. The third-order valence-electron chi connectivity index (χ3n) is 6.33. The summed E-state index contributed by atoms with van der Waals surface area (Å²) in [6.45, 7) is 7.20. The largest absolute Gasteiger partial charge is 0.352 e. The van der Waals surface area contributed by atoms with Crippen LogP contribution in [0.4, 0.5) is 0 Å². The number of nitrogens with zero attached hydrogens (tertiary/aromatic N) is 1. The van der Waals surface area contributed by atoms with Crippen LogP contribution in [-0.4, -0.2) is 17.4 Å². The molecule has 1 amide bonds. The summed E-state index contributed by atoms with van der Waals surface area (Å²) in [5.41, 5.74) is 5.95. The number of pyridine rings is 1. The van der Waals surface area contributed by atoms with E-state index in [1.165, 1.54) is 62.5 Å². The summed E-state index contributed by atoms with van der Waals surface area (Å²) in [5.74, 6) is -0.00625. The normalized spacial score (nSPS) is 11.1. The number of rotatable bonds is 12. The van der Waals surface area contributed by atoms with Crippen molar-refractivity contribution in [2.24, 2.45) is 0 Å². The van der Waals surface area contributed by atoms with Crippen LogP contribution in [0.1, 0.15) is 86.2 Å². The van der Waals surface area contributed by atoms with Crippen molar-refractivity contribution < 1.29 is 4.79 Å². The molecule has 0 bridgehead atoms. The molecule has 1 heterocycles. The fourth-order valence-electron chi connectivity index (χ4n) is 4.14. The Kier molecular flexibility index (Phi) is 9.27. The summed E-state index contributed by atoms with van der Waals surface area (Å²) < 4.78 is 0. The fourth-order valence-corrected chi connectivity index (χ4v) is 4.14. The molecule has 0 saturated carbocycles. The Morgan fingerprint density at radius 2 is 1.50 bits per heavy atom. The molecule has 0 aliphatic heterocycles. The second-order valence-corrected chi connectivity index (χ2v) is 8.96. The molecule has 32 heavy (non-hydrogen) atoms. The molecule has 0 saturated heterocycles. The number of carbonyl (C=O) groups excluding carboxylic acids is 1. The lowest BCUT2D eigenvalue weighted by Crippen LogP contribution is -2.24. The molecule has 0 fully saturated rings. The number of benzene rings is 2. The Morgan fingerprint density at radius 1 is 0.812 bits per heavy atom. The minimum Gasteiger partial charge on any atom is -0.352 e. The Balaban J connectivity index is 1.60. The predicted octanol–water partition coefficient (Wildman–Crippen LogP) is 7.78. The topological polar surface area (TPSA) is 42.0 Å². The zero-order valence-electron chi connectivity index (χ0n) is 20.0. The molecule has 0 spiro atoms. The van der Waals surface area contributed by atoms with Crippen molar-refractivity contribution in [2.75, 3.05) is 6.54 Å². The number of aryl methyl sites for hydroxylation is 2. The van der Waals surface area contributed by atoms with Crippen LogP contribution < -0.4 is 5.32 Å². The second kappa shape index (κ2) is 12.4. The highest BCUT2D eigenvalue weighted by molar-refractivity contribution is 6.07. The van der Waals surface area contributed by atoms with Crippen molar-refractivity contribution in [2.45, 2.75) is 78.6 Å². The number of carbonyl (C=O) groups is 1. The van der Waals surface area contributed by atoms with Gasteiger partial charge in [0.15, 0.2) is 0 Å². The van der Waals surface area contributed by atoms with E-state index in [-0.39, 0.29) is 5.91 Å². The van der Waals surface area contributed by atoms with E-state index in [1.54, 1.807) is 0 Å². The van der Waals surface area contributed by atoms with Gasteiger partial charge in [-0.25, -0.2) is 4.98 Å². The Morgan fingerprint density at radius 3 is 2.22 bits per heavy atom. The first kappa shape index (κ1) is 24.0. The number of para-hydroxylation sites is 1. The number of hydrogen-bond acceptors (Lipinski definition) is 2. The molecule has 170 valence electrons. The molecule has 3 rings (SSSR count). The van der Waals surface area contributed by atoms with Gasteiger partial charge in [-0.1, -0.05) is 88.6 Å². The summed E-state index contributed by atoms with van der Waals surface area (Å²) in [6.07, 6.45) is 11.5. The highest BCUT2D eigenvalue weighted by atomic mass is 16.1. The van der Waals surface area contributed by atoms with E-state index in [0.717, 1.165) is 35.1 Å². The molecule has 3 aromatic rings. The lowest BCUT2D eigenvalue weighted by atomic mass is 10.0. The minimum absolute atomic E-state index is 0.00625. The molecule has 1 N–H and O–H groups in total. The molecule has 3 nitrogen and oxygen atoms in total. The first-order valence-electron chi connectivity index (χ1n) is 12.4. The second-order valence-electron chi connectivity index (χ2n) is 8.96. The minimum atomic E-state index is -0.00625. The number of aromatic nitrogens is 1. The van der Waals surface area contributed by atoms with Crippen molar-refractivity contribution in [1.82, 2.24) is 10.3 Å². The van der Waals surface area contributed by atoms with Crippen LogP contribution in [-0.2, 0) is 0 Å². The average Bonchev–Trinajstić information content (AvgIpc) is 2.81. The Bertz CT molecular complexity index is 1020. The Labute approximate surface area is 193 Å². The average molecular weight is 431 g/mol. The van der Waals surface area contributed by atoms with Crippen LogP contribution in [0.25, 0.3) is 22.2 Å². The van der Waals surface area contributed by atoms with Crippen molar-refractivity contribution in [3.05, 3.63) is 65.2 Å². The molecule has 0 aliphatic rings. The third kappa shape index (κ3) is 6.66. The molecule has 0 unspecified atom stereocenters. The first-order chi connectivity index (χ1) is 15.6. The van der Waals surface area contributed by atoms with E-state index < -0.39 is 0 Å². The van der Waals surface area contributed by atoms with Gasteiger partial charge in [0.1, 0.15) is 0 Å². The molecule has 1 aromatic heterocycles. The summed E-state index contributed by atoms with van der Waals surface area (Å²) in [7, 11) is 0. The molecule has 0 radical (unpaired) electrons. The molecule has 0 atom stereocenters. The van der Waals surface area contributed by atoms with Gasteiger partial charge in [-0.05, 0) is 49.6 Å².